The van der Waals surface area contributed by atoms with Crippen molar-refractivity contribution in [2.45, 2.75) is 33.2 Å². The molecule has 1 aromatic carbocycles. The highest BCUT2D eigenvalue weighted by atomic mass is 16.6. The lowest BCUT2D eigenvalue weighted by atomic mass is 10.0. The molecule has 1 aromatic rings. The Bertz CT molecular complexity index is 568. The Kier molecular flexibility index (Phi) is 5.40. The number of rotatable bonds is 6. The molecule has 0 aliphatic heterocycles. The monoisotopic (exact) mass is 294 g/mol. The summed E-state index contributed by atoms with van der Waals surface area (Å²) in [5.41, 5.74) is 0.442. The van der Waals surface area contributed by atoms with Gasteiger partial charge in [-0.15, -0.1) is 0 Å². The summed E-state index contributed by atoms with van der Waals surface area (Å²) < 4.78 is 0. The molecule has 1 amide bonds. The van der Waals surface area contributed by atoms with Crippen molar-refractivity contribution in [1.82, 2.24) is 5.32 Å². The van der Waals surface area contributed by atoms with Crippen molar-refractivity contribution in [2.24, 2.45) is 5.92 Å². The number of amides is 1. The highest BCUT2D eigenvalue weighted by molar-refractivity contribution is 5.97. The fourth-order valence-electron chi connectivity index (χ4n) is 1.93. The lowest BCUT2D eigenvalue weighted by Crippen LogP contribution is -2.41. The molecule has 2 N–H and O–H groups in total. The quantitative estimate of drug-likeness (QED) is 0.617. The van der Waals surface area contributed by atoms with Gasteiger partial charge < -0.3 is 10.4 Å². The van der Waals surface area contributed by atoms with Gasteiger partial charge in [-0.05, 0) is 30.9 Å². The number of carbonyl (C=O) groups excluding carboxylic acids is 1. The molecule has 0 bridgehead atoms. The number of aliphatic carboxylic acids is 1. The van der Waals surface area contributed by atoms with Crippen LogP contribution in [0.1, 0.15) is 36.2 Å². The van der Waals surface area contributed by atoms with Gasteiger partial charge >= 0.3 is 5.97 Å². The third-order valence-corrected chi connectivity index (χ3v) is 2.85. The first kappa shape index (κ1) is 16.6. The minimum atomic E-state index is -1.13. The maximum atomic E-state index is 12.1. The second-order valence-corrected chi connectivity index (χ2v) is 5.31. The van der Waals surface area contributed by atoms with Gasteiger partial charge in [-0.1, -0.05) is 13.8 Å². The maximum absolute atomic E-state index is 12.1. The SMILES string of the molecule is Cc1cc(C(=O)NC(CC(C)C)C(=O)O)cc([N+](=O)[O-])c1. The van der Waals surface area contributed by atoms with Gasteiger partial charge in [0.25, 0.3) is 11.6 Å². The Morgan fingerprint density at radius 3 is 2.43 bits per heavy atom. The summed E-state index contributed by atoms with van der Waals surface area (Å²) >= 11 is 0. The Balaban J connectivity index is 2.97. The fraction of sp³-hybridized carbons (Fsp3) is 0.429. The van der Waals surface area contributed by atoms with Gasteiger partial charge in [-0.2, -0.15) is 0 Å². The maximum Gasteiger partial charge on any atom is 0.326 e. The fourth-order valence-corrected chi connectivity index (χ4v) is 1.93. The molecule has 0 aromatic heterocycles. The number of nitro benzene ring substituents is 1. The second-order valence-electron chi connectivity index (χ2n) is 5.31. The average Bonchev–Trinajstić information content (AvgIpc) is 2.36. The Hall–Kier alpha value is -2.44. The zero-order valence-corrected chi connectivity index (χ0v) is 12.1. The van der Waals surface area contributed by atoms with E-state index in [1.54, 1.807) is 6.92 Å². The van der Waals surface area contributed by atoms with Crippen LogP contribution in [0.3, 0.4) is 0 Å². The normalized spacial score (nSPS) is 12.0. The molecule has 21 heavy (non-hydrogen) atoms. The number of aryl methyl sites for hydroxylation is 1. The number of nitrogens with zero attached hydrogens (tertiary/aromatic N) is 1. The number of non-ortho nitro benzene ring substituents is 1. The molecule has 1 unspecified atom stereocenters. The minimum Gasteiger partial charge on any atom is -0.480 e. The predicted molar refractivity (Wildman–Crippen MR) is 76.2 cm³/mol. The van der Waals surface area contributed by atoms with Crippen molar-refractivity contribution < 1.29 is 19.6 Å². The Morgan fingerprint density at radius 1 is 1.33 bits per heavy atom. The number of benzene rings is 1. The lowest BCUT2D eigenvalue weighted by Gasteiger charge is -2.16. The number of nitrogens with one attached hydrogen (secondary N) is 1. The van der Waals surface area contributed by atoms with Crippen LogP contribution in [-0.4, -0.2) is 27.9 Å². The van der Waals surface area contributed by atoms with Crippen LogP contribution in [0.15, 0.2) is 18.2 Å². The van der Waals surface area contributed by atoms with Gasteiger partial charge in [-0.25, -0.2) is 4.79 Å². The third-order valence-electron chi connectivity index (χ3n) is 2.85. The largest absolute Gasteiger partial charge is 0.480 e. The van der Waals surface area contributed by atoms with Crippen LogP contribution in [0, 0.1) is 23.0 Å². The second kappa shape index (κ2) is 6.83. The number of hydrogen-bond donors (Lipinski definition) is 2. The van der Waals surface area contributed by atoms with Crippen LogP contribution in [-0.2, 0) is 4.79 Å². The van der Waals surface area contributed by atoms with Crippen LogP contribution in [0.25, 0.3) is 0 Å². The molecule has 7 heteroatoms. The smallest absolute Gasteiger partial charge is 0.326 e. The topological polar surface area (TPSA) is 110 Å². The molecule has 0 spiro atoms. The number of hydrogen-bond acceptors (Lipinski definition) is 4. The molecule has 7 nitrogen and oxygen atoms in total. The first-order valence-corrected chi connectivity index (χ1v) is 6.50. The van der Waals surface area contributed by atoms with Gasteiger partial charge in [0.1, 0.15) is 6.04 Å². The van der Waals surface area contributed by atoms with Crippen molar-refractivity contribution in [3.05, 3.63) is 39.4 Å². The van der Waals surface area contributed by atoms with E-state index in [1.165, 1.54) is 12.1 Å². The van der Waals surface area contributed by atoms with Gasteiger partial charge in [0.15, 0.2) is 0 Å². The van der Waals surface area contributed by atoms with Gasteiger partial charge in [-0.3, -0.25) is 14.9 Å². The molecule has 0 fully saturated rings. The van der Waals surface area contributed by atoms with E-state index in [4.69, 9.17) is 5.11 Å². The van der Waals surface area contributed by atoms with E-state index in [1.807, 2.05) is 13.8 Å². The van der Waals surface area contributed by atoms with Gasteiger partial charge in [0.05, 0.1) is 4.92 Å². The molecule has 0 aliphatic carbocycles. The molecule has 0 heterocycles. The summed E-state index contributed by atoms with van der Waals surface area (Å²) in [5, 5.41) is 22.3. The van der Waals surface area contributed by atoms with Gasteiger partial charge in [0.2, 0.25) is 0 Å². The highest BCUT2D eigenvalue weighted by Crippen LogP contribution is 2.17. The molecule has 0 saturated carbocycles. The van der Waals surface area contributed by atoms with E-state index >= 15 is 0 Å². The van der Waals surface area contributed by atoms with E-state index in [9.17, 15) is 19.7 Å². The molecule has 0 aliphatic rings. The predicted octanol–water partition coefficient (Wildman–Crippen LogP) is 2.13. The lowest BCUT2D eigenvalue weighted by molar-refractivity contribution is -0.384. The first-order valence-electron chi connectivity index (χ1n) is 6.50. The van der Waals surface area contributed by atoms with Crippen LogP contribution >= 0.6 is 0 Å². The molecular formula is C14H18N2O5. The van der Waals surface area contributed by atoms with E-state index in [2.05, 4.69) is 5.32 Å². The molecule has 1 rings (SSSR count). The zero-order valence-electron chi connectivity index (χ0n) is 12.1. The van der Waals surface area contributed by atoms with Crippen LogP contribution in [0.2, 0.25) is 0 Å². The number of carboxylic acids is 1. The Morgan fingerprint density at radius 2 is 1.95 bits per heavy atom. The number of carboxylic acid groups (broad SMARTS) is 1. The summed E-state index contributed by atoms with van der Waals surface area (Å²) in [6, 6.07) is 2.95. The summed E-state index contributed by atoms with van der Waals surface area (Å²) in [6.07, 6.45) is 0.287. The van der Waals surface area contributed by atoms with Crippen LogP contribution < -0.4 is 5.32 Å². The van der Waals surface area contributed by atoms with Crippen molar-refractivity contribution in [3.63, 3.8) is 0 Å². The molecule has 114 valence electrons. The average molecular weight is 294 g/mol. The summed E-state index contributed by atoms with van der Waals surface area (Å²) in [6.45, 7) is 5.33. The molecular weight excluding hydrogens is 276 g/mol. The van der Waals surface area contributed by atoms with Gasteiger partial charge in [0, 0.05) is 17.7 Å². The van der Waals surface area contributed by atoms with Crippen molar-refractivity contribution in [3.8, 4) is 0 Å². The molecule has 0 saturated heterocycles. The van der Waals surface area contributed by atoms with E-state index in [0.29, 0.717) is 5.56 Å². The van der Waals surface area contributed by atoms with E-state index in [0.717, 1.165) is 6.07 Å². The van der Waals surface area contributed by atoms with E-state index < -0.39 is 22.8 Å². The molecule has 0 radical (unpaired) electrons. The standard InChI is InChI=1S/C14H18N2O5/c1-8(2)4-12(14(18)19)15-13(17)10-5-9(3)6-11(7-10)16(20)21/h5-8,12H,4H2,1-3H3,(H,15,17)(H,18,19). The summed E-state index contributed by atoms with van der Waals surface area (Å²) in [5.74, 6) is -1.66. The highest BCUT2D eigenvalue weighted by Gasteiger charge is 2.22. The minimum absolute atomic E-state index is 0.0803. The van der Waals surface area contributed by atoms with Crippen molar-refractivity contribution in [1.29, 1.82) is 0 Å². The van der Waals surface area contributed by atoms with Crippen LogP contribution in [0.4, 0.5) is 5.69 Å². The van der Waals surface area contributed by atoms with Crippen molar-refractivity contribution >= 4 is 17.6 Å². The first-order chi connectivity index (χ1) is 9.70. The Labute approximate surface area is 122 Å². The summed E-state index contributed by atoms with van der Waals surface area (Å²) in [4.78, 5) is 33.4. The molecule has 1 atom stereocenters. The van der Waals surface area contributed by atoms with Crippen LogP contribution in [0.5, 0.6) is 0 Å². The number of carbonyl (C=O) groups is 2. The number of nitro groups is 1. The summed E-state index contributed by atoms with van der Waals surface area (Å²) in [7, 11) is 0. The third kappa shape index (κ3) is 4.87. The zero-order chi connectivity index (χ0) is 16.2. The van der Waals surface area contributed by atoms with E-state index in [-0.39, 0.29) is 23.6 Å². The van der Waals surface area contributed by atoms with Crippen molar-refractivity contribution in [2.75, 3.05) is 0 Å².